The summed E-state index contributed by atoms with van der Waals surface area (Å²) >= 11 is 0. The molecule has 0 spiro atoms. The van der Waals surface area contributed by atoms with Crippen molar-refractivity contribution in [3.05, 3.63) is 0 Å². The number of esters is 1. The SMILES string of the molecule is CCOC(=O)C[NH2+]C(C)C#N.[Cl-]. The lowest BCUT2D eigenvalue weighted by molar-refractivity contribution is -0.664. The molecule has 0 aliphatic heterocycles. The van der Waals surface area contributed by atoms with Crippen LogP contribution in [0.15, 0.2) is 0 Å². The van der Waals surface area contributed by atoms with E-state index in [0.717, 1.165) is 0 Å². The third-order valence-electron chi connectivity index (χ3n) is 1.15. The van der Waals surface area contributed by atoms with Crippen molar-refractivity contribution in [3.63, 3.8) is 0 Å². The van der Waals surface area contributed by atoms with Crippen LogP contribution >= 0.6 is 0 Å². The van der Waals surface area contributed by atoms with Gasteiger partial charge in [-0.25, -0.2) is 4.79 Å². The first-order chi connectivity index (χ1) is 5.20. The summed E-state index contributed by atoms with van der Waals surface area (Å²) in [5.74, 6) is -0.269. The Kier molecular flexibility index (Phi) is 9.54. The number of carbonyl (C=O) groups excluding carboxylic acids is 1. The summed E-state index contributed by atoms with van der Waals surface area (Å²) in [6.45, 7) is 4.11. The Morgan fingerprint density at radius 2 is 2.33 bits per heavy atom. The number of carbonyl (C=O) groups is 1. The quantitative estimate of drug-likeness (QED) is 0.462. The summed E-state index contributed by atoms with van der Waals surface area (Å²) in [6, 6.07) is 1.82. The minimum absolute atomic E-state index is 0. The molecule has 2 N–H and O–H groups in total. The second kappa shape index (κ2) is 8.31. The van der Waals surface area contributed by atoms with E-state index < -0.39 is 0 Å². The molecular formula is C7H13ClN2O2. The van der Waals surface area contributed by atoms with Crippen molar-refractivity contribution in [2.24, 2.45) is 0 Å². The van der Waals surface area contributed by atoms with Gasteiger partial charge in [-0.15, -0.1) is 0 Å². The number of halogens is 1. The van der Waals surface area contributed by atoms with E-state index >= 15 is 0 Å². The van der Waals surface area contributed by atoms with E-state index in [-0.39, 0.29) is 31.0 Å². The molecule has 0 radical (unpaired) electrons. The van der Waals surface area contributed by atoms with Gasteiger partial charge in [-0.2, -0.15) is 5.26 Å². The van der Waals surface area contributed by atoms with Gasteiger partial charge < -0.3 is 22.5 Å². The number of nitriles is 1. The molecule has 0 fully saturated rings. The lowest BCUT2D eigenvalue weighted by atomic mass is 10.4. The van der Waals surface area contributed by atoms with E-state index in [9.17, 15) is 4.79 Å². The van der Waals surface area contributed by atoms with Crippen LogP contribution in [-0.2, 0) is 9.53 Å². The van der Waals surface area contributed by atoms with Crippen LogP contribution in [0.2, 0.25) is 0 Å². The van der Waals surface area contributed by atoms with Crippen molar-refractivity contribution in [2.45, 2.75) is 19.9 Å². The first kappa shape index (κ1) is 13.8. The fourth-order valence-electron chi connectivity index (χ4n) is 0.546. The van der Waals surface area contributed by atoms with E-state index in [4.69, 9.17) is 5.26 Å². The van der Waals surface area contributed by atoms with Crippen LogP contribution in [-0.4, -0.2) is 25.2 Å². The smallest absolute Gasteiger partial charge is 0.361 e. The van der Waals surface area contributed by atoms with Crippen LogP contribution in [0.25, 0.3) is 0 Å². The van der Waals surface area contributed by atoms with Crippen molar-refractivity contribution in [1.29, 1.82) is 5.26 Å². The molecule has 0 aromatic carbocycles. The van der Waals surface area contributed by atoms with Crippen LogP contribution < -0.4 is 17.7 Å². The third-order valence-corrected chi connectivity index (χ3v) is 1.15. The number of quaternary nitrogens is 1. The lowest BCUT2D eigenvalue weighted by Gasteiger charge is -2.01. The van der Waals surface area contributed by atoms with Gasteiger partial charge in [0.15, 0.2) is 12.6 Å². The van der Waals surface area contributed by atoms with Gasteiger partial charge in [0, 0.05) is 6.92 Å². The van der Waals surface area contributed by atoms with Gasteiger partial charge in [0.2, 0.25) is 0 Å². The molecule has 0 aromatic rings. The second-order valence-electron chi connectivity index (χ2n) is 2.16. The van der Waals surface area contributed by atoms with Gasteiger partial charge in [0.25, 0.3) is 0 Å². The molecule has 0 rings (SSSR count). The van der Waals surface area contributed by atoms with Crippen LogP contribution in [0, 0.1) is 11.3 Å². The molecule has 1 unspecified atom stereocenters. The Morgan fingerprint density at radius 3 is 2.75 bits per heavy atom. The lowest BCUT2D eigenvalue weighted by Crippen LogP contribution is -3.00. The van der Waals surface area contributed by atoms with Crippen LogP contribution in [0.4, 0.5) is 0 Å². The molecule has 0 saturated carbocycles. The fraction of sp³-hybridized carbons (Fsp3) is 0.714. The van der Waals surface area contributed by atoms with E-state index in [1.54, 1.807) is 19.2 Å². The average Bonchev–Trinajstić information content (AvgIpc) is 2.01. The van der Waals surface area contributed by atoms with Gasteiger partial charge in [0.1, 0.15) is 6.07 Å². The first-order valence-electron chi connectivity index (χ1n) is 3.59. The van der Waals surface area contributed by atoms with E-state index in [2.05, 4.69) is 4.74 Å². The van der Waals surface area contributed by atoms with E-state index in [1.165, 1.54) is 0 Å². The zero-order valence-electron chi connectivity index (χ0n) is 7.21. The highest BCUT2D eigenvalue weighted by Gasteiger charge is 2.07. The summed E-state index contributed by atoms with van der Waals surface area (Å²) in [7, 11) is 0. The zero-order chi connectivity index (χ0) is 8.69. The van der Waals surface area contributed by atoms with Crippen molar-refractivity contribution >= 4 is 5.97 Å². The monoisotopic (exact) mass is 192 g/mol. The van der Waals surface area contributed by atoms with Gasteiger partial charge in [-0.05, 0) is 6.92 Å². The zero-order valence-corrected chi connectivity index (χ0v) is 7.97. The Morgan fingerprint density at radius 1 is 1.75 bits per heavy atom. The molecule has 0 aliphatic carbocycles. The average molecular weight is 193 g/mol. The van der Waals surface area contributed by atoms with E-state index in [0.29, 0.717) is 6.61 Å². The highest BCUT2D eigenvalue weighted by molar-refractivity contribution is 5.70. The summed E-state index contributed by atoms with van der Waals surface area (Å²) in [5, 5.41) is 9.98. The largest absolute Gasteiger partial charge is 1.00 e. The third kappa shape index (κ3) is 7.32. The molecule has 1 atom stereocenters. The Labute approximate surface area is 78.3 Å². The van der Waals surface area contributed by atoms with Crippen LogP contribution in [0.1, 0.15) is 13.8 Å². The number of ether oxygens (including phenoxy) is 1. The maximum Gasteiger partial charge on any atom is 0.361 e. The van der Waals surface area contributed by atoms with Crippen molar-refractivity contribution in [2.75, 3.05) is 13.2 Å². The van der Waals surface area contributed by atoms with Gasteiger partial charge >= 0.3 is 5.97 Å². The standard InChI is InChI=1S/C7H12N2O2.ClH/c1-3-11-7(10)5-9-6(2)4-8;/h6,9H,3,5H2,1-2H3;1H. The molecule has 70 valence electrons. The first-order valence-corrected chi connectivity index (χ1v) is 3.59. The Balaban J connectivity index is 0. The topological polar surface area (TPSA) is 66.7 Å². The van der Waals surface area contributed by atoms with Crippen LogP contribution in [0.5, 0.6) is 0 Å². The maximum absolute atomic E-state index is 10.7. The molecular weight excluding hydrogens is 180 g/mol. The molecule has 4 nitrogen and oxygen atoms in total. The predicted molar refractivity (Wildman–Crippen MR) is 38.5 cm³/mol. The fourth-order valence-corrected chi connectivity index (χ4v) is 0.546. The highest BCUT2D eigenvalue weighted by atomic mass is 35.5. The molecule has 0 amide bonds. The van der Waals surface area contributed by atoms with Crippen molar-refractivity contribution in [1.82, 2.24) is 0 Å². The molecule has 0 bridgehead atoms. The molecule has 0 heterocycles. The van der Waals surface area contributed by atoms with E-state index in [1.807, 2.05) is 6.07 Å². The normalized spacial score (nSPS) is 10.8. The predicted octanol–water partition coefficient (Wildman–Crippen LogP) is -3.97. The second-order valence-corrected chi connectivity index (χ2v) is 2.16. The summed E-state index contributed by atoms with van der Waals surface area (Å²) in [6.07, 6.45) is 0. The molecule has 0 aromatic heterocycles. The molecule has 0 aliphatic rings. The maximum atomic E-state index is 10.7. The number of rotatable bonds is 4. The van der Waals surface area contributed by atoms with Gasteiger partial charge in [-0.3, -0.25) is 0 Å². The van der Waals surface area contributed by atoms with Gasteiger partial charge in [0.05, 0.1) is 6.61 Å². The Hall–Kier alpha value is -0.790. The highest BCUT2D eigenvalue weighted by Crippen LogP contribution is 1.71. The number of hydrogen-bond acceptors (Lipinski definition) is 3. The van der Waals surface area contributed by atoms with Gasteiger partial charge in [-0.1, -0.05) is 0 Å². The number of nitrogens with zero attached hydrogens (tertiary/aromatic N) is 1. The Bertz CT molecular complexity index is 167. The molecule has 12 heavy (non-hydrogen) atoms. The number of hydrogen-bond donors (Lipinski definition) is 1. The van der Waals surface area contributed by atoms with Crippen molar-refractivity contribution < 1.29 is 27.3 Å². The molecule has 5 heteroatoms. The van der Waals surface area contributed by atoms with Crippen LogP contribution in [0.3, 0.4) is 0 Å². The number of nitrogens with two attached hydrogens (primary N) is 1. The molecule has 0 saturated heterocycles. The summed E-state index contributed by atoms with van der Waals surface area (Å²) in [4.78, 5) is 10.7. The van der Waals surface area contributed by atoms with Crippen molar-refractivity contribution in [3.8, 4) is 6.07 Å². The summed E-state index contributed by atoms with van der Waals surface area (Å²) in [5.41, 5.74) is 0. The minimum atomic E-state index is -0.269. The summed E-state index contributed by atoms with van der Waals surface area (Å²) < 4.78 is 4.66. The minimum Gasteiger partial charge on any atom is -1.00 e.